The van der Waals surface area contributed by atoms with E-state index in [1.807, 2.05) is 32.0 Å². The van der Waals surface area contributed by atoms with Crippen LogP contribution in [0, 0.1) is 41.5 Å². The van der Waals surface area contributed by atoms with E-state index >= 15 is 0 Å². The second-order valence-electron chi connectivity index (χ2n) is 12.5. The molecule has 6 heteroatoms. The lowest BCUT2D eigenvalue weighted by molar-refractivity contribution is 0.632. The van der Waals surface area contributed by atoms with E-state index in [0.29, 0.717) is 0 Å². The van der Waals surface area contributed by atoms with Crippen molar-refractivity contribution in [1.82, 2.24) is 0 Å². The molecule has 0 saturated heterocycles. The molecule has 3 nitrogen and oxygen atoms in total. The maximum atomic E-state index is 5.66. The molecule has 264 valence electrons. The maximum Gasteiger partial charge on any atom is 0.0797 e. The summed E-state index contributed by atoms with van der Waals surface area (Å²) in [7, 11) is 0. The first-order chi connectivity index (χ1) is 22.5. The summed E-state index contributed by atoms with van der Waals surface area (Å²) >= 11 is 15.8. The number of nitrogens with two attached hydrogens (primary N) is 2. The molecule has 0 amide bonds. The predicted molar refractivity (Wildman–Crippen MR) is 226 cm³/mol. The van der Waals surface area contributed by atoms with Gasteiger partial charge in [0.15, 0.2) is 0 Å². The Labute approximate surface area is 310 Å². The molecule has 0 aromatic heterocycles. The average Bonchev–Trinajstić information content (AvgIpc) is 3.03. The topological polar surface area (TPSA) is 64.4 Å². The van der Waals surface area contributed by atoms with Gasteiger partial charge in [0, 0.05) is 12.8 Å². The summed E-state index contributed by atoms with van der Waals surface area (Å²) in [4.78, 5) is 6.38. The second kappa shape index (κ2) is 27.4. The predicted octanol–water partition coefficient (Wildman–Crippen LogP) is 11.9. The van der Waals surface area contributed by atoms with Crippen molar-refractivity contribution in [2.24, 2.45) is 16.5 Å². The number of isothiocyanates is 1. The summed E-state index contributed by atoms with van der Waals surface area (Å²) in [6.45, 7) is 14.4. The Balaban J connectivity index is 0.000000951. The van der Waals surface area contributed by atoms with E-state index in [1.165, 1.54) is 81.6 Å². The van der Waals surface area contributed by atoms with Gasteiger partial charge in [-0.3, -0.25) is 0 Å². The Bertz CT molecular complexity index is 1290. The van der Waals surface area contributed by atoms with E-state index in [1.54, 1.807) is 0 Å². The lowest BCUT2D eigenvalue weighted by atomic mass is 9.96. The fourth-order valence-electron chi connectivity index (χ4n) is 5.49. The van der Waals surface area contributed by atoms with Crippen molar-refractivity contribution in [3.63, 3.8) is 0 Å². The molecule has 0 fully saturated rings. The molecular weight excluding hydrogens is 643 g/mol. The van der Waals surface area contributed by atoms with Gasteiger partial charge in [0.1, 0.15) is 0 Å². The van der Waals surface area contributed by atoms with Gasteiger partial charge in [0.25, 0.3) is 0 Å². The third-order valence-electron chi connectivity index (χ3n) is 8.45. The SMILES string of the molecule is C.Cc1cccc(C)c1CC(=S)CCCCCCCC(=S)Cc1c(C)cccc1C.Cc1cccc(C)c1N=C=S.NCCCCCN. The van der Waals surface area contributed by atoms with Crippen LogP contribution in [0.15, 0.2) is 59.6 Å². The van der Waals surface area contributed by atoms with Crippen molar-refractivity contribution < 1.29 is 0 Å². The molecule has 48 heavy (non-hydrogen) atoms. The summed E-state index contributed by atoms with van der Waals surface area (Å²) in [5.41, 5.74) is 22.0. The fourth-order valence-corrected chi connectivity index (χ4v) is 6.16. The number of unbranched alkanes of at least 4 members (excludes halogenated alkanes) is 6. The number of aliphatic imine (C=N–C) groups is 1. The number of benzene rings is 3. The van der Waals surface area contributed by atoms with Gasteiger partial charge in [-0.25, -0.2) is 0 Å². The molecule has 0 radical (unpaired) electrons. The number of hydrogen-bond donors (Lipinski definition) is 2. The molecular formula is C42H63N3S3. The van der Waals surface area contributed by atoms with Crippen molar-refractivity contribution in [2.75, 3.05) is 13.1 Å². The second-order valence-corrected chi connectivity index (χ2v) is 13.9. The van der Waals surface area contributed by atoms with Crippen LogP contribution in [0.5, 0.6) is 0 Å². The molecule has 3 rings (SSSR count). The van der Waals surface area contributed by atoms with Crippen LogP contribution in [-0.4, -0.2) is 28.0 Å². The molecule has 0 spiro atoms. The summed E-state index contributed by atoms with van der Waals surface area (Å²) in [6.07, 6.45) is 13.8. The smallest absolute Gasteiger partial charge is 0.0797 e. The number of hydrogen-bond acceptors (Lipinski definition) is 6. The van der Waals surface area contributed by atoms with Crippen LogP contribution >= 0.6 is 36.7 Å². The molecule has 0 aliphatic rings. The Morgan fingerprint density at radius 3 is 1.19 bits per heavy atom. The summed E-state index contributed by atoms with van der Waals surface area (Å²) in [5.74, 6) is 0. The maximum absolute atomic E-state index is 5.66. The molecule has 3 aromatic carbocycles. The third-order valence-corrected chi connectivity index (χ3v) is 9.24. The van der Waals surface area contributed by atoms with Gasteiger partial charge in [-0.05, 0) is 160 Å². The molecule has 3 aromatic rings. The number of rotatable bonds is 17. The normalized spacial score (nSPS) is 10.0. The number of thiocarbonyl (C=S) groups is 3. The first-order valence-electron chi connectivity index (χ1n) is 17.2. The van der Waals surface area contributed by atoms with E-state index in [4.69, 9.17) is 35.9 Å². The lowest BCUT2D eigenvalue weighted by Gasteiger charge is -2.11. The van der Waals surface area contributed by atoms with Crippen molar-refractivity contribution in [3.8, 4) is 0 Å². The standard InChI is InChI=1S/C27H36S2.C9H9NS.C5H14N2.CH4/c1-20-12-10-13-21(2)26(20)18-24(28)16-8-6-5-7-9-17-25(29)19-27-22(3)14-11-15-23(27)4;1-7-4-3-5-8(2)9(7)10-6-11;6-4-2-1-3-5-7;/h10-15H,5-9,16-19H2,1-4H3;3-5H,1-2H3;1-7H2;1H4. The Kier molecular flexibility index (Phi) is 26.0. The molecule has 0 heterocycles. The molecule has 0 aliphatic heterocycles. The van der Waals surface area contributed by atoms with Crippen LogP contribution < -0.4 is 11.5 Å². The molecule has 4 N–H and O–H groups in total. The van der Waals surface area contributed by atoms with Crippen molar-refractivity contribution in [1.29, 1.82) is 0 Å². The van der Waals surface area contributed by atoms with Crippen molar-refractivity contribution in [2.45, 2.75) is 126 Å². The van der Waals surface area contributed by atoms with Gasteiger partial charge in [-0.15, -0.1) is 0 Å². The summed E-state index contributed by atoms with van der Waals surface area (Å²) in [6, 6.07) is 19.1. The van der Waals surface area contributed by atoms with E-state index in [-0.39, 0.29) is 7.43 Å². The number of aryl methyl sites for hydroxylation is 6. The van der Waals surface area contributed by atoms with Crippen molar-refractivity contribution in [3.05, 3.63) is 99.1 Å². The number of nitrogens with zero attached hydrogens (tertiary/aromatic N) is 1. The zero-order valence-corrected chi connectivity index (χ0v) is 32.4. The van der Waals surface area contributed by atoms with Gasteiger partial charge in [0.05, 0.1) is 10.8 Å². The highest BCUT2D eigenvalue weighted by molar-refractivity contribution is 7.80. The van der Waals surface area contributed by atoms with E-state index in [0.717, 1.165) is 68.4 Å². The van der Waals surface area contributed by atoms with Gasteiger partial charge in [-0.2, -0.15) is 4.99 Å². The minimum atomic E-state index is 0. The molecule has 0 atom stereocenters. The molecule has 0 saturated carbocycles. The van der Waals surface area contributed by atoms with Crippen LogP contribution in [0.25, 0.3) is 0 Å². The summed E-state index contributed by atoms with van der Waals surface area (Å²) in [5, 5.41) is 2.37. The monoisotopic (exact) mass is 705 g/mol. The van der Waals surface area contributed by atoms with E-state index in [9.17, 15) is 0 Å². The third kappa shape index (κ3) is 18.9. The minimum absolute atomic E-state index is 0. The highest BCUT2D eigenvalue weighted by atomic mass is 32.1. The molecule has 0 unspecified atom stereocenters. The van der Waals surface area contributed by atoms with E-state index in [2.05, 4.69) is 86.5 Å². The molecule has 0 aliphatic carbocycles. The van der Waals surface area contributed by atoms with Gasteiger partial charge in [-0.1, -0.05) is 112 Å². The van der Waals surface area contributed by atoms with Gasteiger partial charge >= 0.3 is 0 Å². The van der Waals surface area contributed by atoms with Gasteiger partial charge < -0.3 is 11.5 Å². The zero-order valence-electron chi connectivity index (χ0n) is 29.9. The average molecular weight is 706 g/mol. The van der Waals surface area contributed by atoms with E-state index < -0.39 is 0 Å². The lowest BCUT2D eigenvalue weighted by Crippen LogP contribution is -2.04. The first kappa shape index (κ1) is 45.6. The molecule has 0 bridgehead atoms. The minimum Gasteiger partial charge on any atom is -0.330 e. The van der Waals surface area contributed by atoms with Crippen LogP contribution in [0.4, 0.5) is 5.69 Å². The van der Waals surface area contributed by atoms with Crippen LogP contribution in [0.3, 0.4) is 0 Å². The van der Waals surface area contributed by atoms with Crippen LogP contribution in [-0.2, 0) is 12.8 Å². The van der Waals surface area contributed by atoms with Gasteiger partial charge in [0.2, 0.25) is 0 Å². The Morgan fingerprint density at radius 2 is 0.854 bits per heavy atom. The summed E-state index contributed by atoms with van der Waals surface area (Å²) < 4.78 is 0. The highest BCUT2D eigenvalue weighted by Crippen LogP contribution is 2.22. The Hall–Kier alpha value is -2.44. The van der Waals surface area contributed by atoms with Crippen LogP contribution in [0.2, 0.25) is 0 Å². The quantitative estimate of drug-likeness (QED) is 0.0831. The van der Waals surface area contributed by atoms with Crippen molar-refractivity contribution >= 4 is 57.2 Å². The fraction of sp³-hybridized carbons (Fsp3) is 0.500. The Morgan fingerprint density at radius 1 is 0.542 bits per heavy atom. The zero-order chi connectivity index (χ0) is 35.0. The first-order valence-corrected chi connectivity index (χ1v) is 18.5. The number of para-hydroxylation sites is 1. The van der Waals surface area contributed by atoms with Crippen LogP contribution in [0.1, 0.15) is 116 Å². The largest absolute Gasteiger partial charge is 0.330 e. The highest BCUT2D eigenvalue weighted by Gasteiger charge is 2.07.